The summed E-state index contributed by atoms with van der Waals surface area (Å²) in [5.74, 6) is 0.859. The Morgan fingerprint density at radius 1 is 1.25 bits per heavy atom. The molecule has 0 N–H and O–H groups in total. The third-order valence-corrected chi connectivity index (χ3v) is 5.40. The largest absolute Gasteiger partial charge is 0.465 e. The van der Waals surface area contributed by atoms with Crippen molar-refractivity contribution in [1.82, 2.24) is 19.9 Å². The third-order valence-electron chi connectivity index (χ3n) is 5.40. The van der Waals surface area contributed by atoms with E-state index in [-0.39, 0.29) is 0 Å². The van der Waals surface area contributed by atoms with Crippen molar-refractivity contribution >= 4 is 17.7 Å². The summed E-state index contributed by atoms with van der Waals surface area (Å²) in [4.78, 5) is 33.6. The number of anilines is 2. The molecule has 2 aromatic heterocycles. The molecule has 0 amide bonds. The van der Waals surface area contributed by atoms with E-state index in [0.717, 1.165) is 30.5 Å². The smallest absolute Gasteiger partial charge is 0.343 e. The molecule has 28 heavy (non-hydrogen) atoms. The third kappa shape index (κ3) is 3.15. The standard InChI is InChI=1S/C19H24N6O3/c1-24(2)18-21-10-13-4-9-28-19(15(13)23-18)5-7-25(8-6-19)16-14(17(26)27-3)11-20-12-22-16/h10-12H,4-9H2,1-3H3. The first-order valence-electron chi connectivity index (χ1n) is 9.35. The molecule has 2 aromatic rings. The second-order valence-electron chi connectivity index (χ2n) is 7.27. The highest BCUT2D eigenvalue weighted by Crippen LogP contribution is 2.41. The number of ether oxygens (including phenoxy) is 2. The second-order valence-corrected chi connectivity index (χ2v) is 7.27. The van der Waals surface area contributed by atoms with E-state index in [1.165, 1.54) is 19.6 Å². The number of carbonyl (C=O) groups is 1. The molecule has 2 aliphatic heterocycles. The molecule has 0 radical (unpaired) electrons. The first kappa shape index (κ1) is 18.5. The van der Waals surface area contributed by atoms with Gasteiger partial charge in [0.05, 0.1) is 19.4 Å². The van der Waals surface area contributed by atoms with Gasteiger partial charge >= 0.3 is 5.97 Å². The average molecular weight is 384 g/mol. The van der Waals surface area contributed by atoms with Gasteiger partial charge in [0.2, 0.25) is 5.95 Å². The van der Waals surface area contributed by atoms with Crippen molar-refractivity contribution < 1.29 is 14.3 Å². The Morgan fingerprint density at radius 3 is 2.75 bits per heavy atom. The molecule has 0 aromatic carbocycles. The molecular weight excluding hydrogens is 360 g/mol. The van der Waals surface area contributed by atoms with Gasteiger partial charge in [-0.1, -0.05) is 0 Å². The second kappa shape index (κ2) is 7.31. The van der Waals surface area contributed by atoms with Crippen LogP contribution < -0.4 is 9.80 Å². The van der Waals surface area contributed by atoms with E-state index in [4.69, 9.17) is 14.5 Å². The van der Waals surface area contributed by atoms with Crippen molar-refractivity contribution in [2.24, 2.45) is 0 Å². The van der Waals surface area contributed by atoms with Crippen molar-refractivity contribution in [3.8, 4) is 0 Å². The SMILES string of the molecule is COC(=O)c1cncnc1N1CCC2(CC1)OCCc1cnc(N(C)C)nc12. The number of fused-ring (bicyclic) bond motifs is 2. The number of aromatic nitrogens is 4. The van der Waals surface area contributed by atoms with Crippen molar-refractivity contribution in [3.63, 3.8) is 0 Å². The molecule has 0 saturated carbocycles. The molecule has 1 saturated heterocycles. The molecule has 0 unspecified atom stereocenters. The van der Waals surface area contributed by atoms with E-state index in [9.17, 15) is 4.79 Å². The predicted molar refractivity (Wildman–Crippen MR) is 103 cm³/mol. The quantitative estimate of drug-likeness (QED) is 0.723. The van der Waals surface area contributed by atoms with Gasteiger partial charge < -0.3 is 19.3 Å². The highest BCUT2D eigenvalue weighted by molar-refractivity contribution is 5.94. The van der Waals surface area contributed by atoms with Crippen LogP contribution >= 0.6 is 0 Å². The molecule has 148 valence electrons. The molecule has 0 atom stereocenters. The minimum Gasteiger partial charge on any atom is -0.465 e. The topological polar surface area (TPSA) is 93.6 Å². The Labute approximate surface area is 163 Å². The molecule has 2 aliphatic rings. The van der Waals surface area contributed by atoms with Crippen LogP contribution in [0.5, 0.6) is 0 Å². The van der Waals surface area contributed by atoms with Crippen molar-refractivity contribution in [2.45, 2.75) is 24.9 Å². The van der Waals surface area contributed by atoms with Crippen LogP contribution in [0.25, 0.3) is 0 Å². The first-order valence-corrected chi connectivity index (χ1v) is 9.35. The Morgan fingerprint density at radius 2 is 2.04 bits per heavy atom. The van der Waals surface area contributed by atoms with Crippen LogP contribution in [0, 0.1) is 0 Å². The molecule has 4 rings (SSSR count). The number of esters is 1. The monoisotopic (exact) mass is 384 g/mol. The van der Waals surface area contributed by atoms with E-state index in [2.05, 4.69) is 19.9 Å². The van der Waals surface area contributed by atoms with Crippen molar-refractivity contribution in [1.29, 1.82) is 0 Å². The number of piperidine rings is 1. The van der Waals surface area contributed by atoms with Gasteiger partial charge in [0.15, 0.2) is 0 Å². The van der Waals surface area contributed by atoms with Gasteiger partial charge in [0.1, 0.15) is 23.3 Å². The lowest BCUT2D eigenvalue weighted by Crippen LogP contribution is -2.48. The van der Waals surface area contributed by atoms with Crippen LogP contribution in [0.3, 0.4) is 0 Å². The van der Waals surface area contributed by atoms with Gasteiger partial charge in [-0.05, 0) is 24.8 Å². The van der Waals surface area contributed by atoms with Crippen LogP contribution in [-0.2, 0) is 21.5 Å². The summed E-state index contributed by atoms with van der Waals surface area (Å²) >= 11 is 0. The maximum absolute atomic E-state index is 12.1. The summed E-state index contributed by atoms with van der Waals surface area (Å²) in [6, 6.07) is 0. The minimum absolute atomic E-state index is 0.378. The van der Waals surface area contributed by atoms with Crippen molar-refractivity contribution in [3.05, 3.63) is 35.5 Å². The Bertz CT molecular complexity index is 880. The lowest BCUT2D eigenvalue weighted by atomic mass is 9.83. The normalized spacial score (nSPS) is 17.9. The average Bonchev–Trinajstić information content (AvgIpc) is 2.74. The summed E-state index contributed by atoms with van der Waals surface area (Å²) in [5.41, 5.74) is 2.11. The maximum atomic E-state index is 12.1. The number of carbonyl (C=O) groups excluding carboxylic acids is 1. The van der Waals surface area contributed by atoms with Gasteiger partial charge in [-0.15, -0.1) is 0 Å². The fraction of sp³-hybridized carbons (Fsp3) is 0.526. The number of hydrogen-bond donors (Lipinski definition) is 0. The number of nitrogens with zero attached hydrogens (tertiary/aromatic N) is 6. The summed E-state index contributed by atoms with van der Waals surface area (Å²) in [6.45, 7) is 2.06. The summed E-state index contributed by atoms with van der Waals surface area (Å²) in [5, 5.41) is 0. The van der Waals surface area contributed by atoms with Crippen LogP contribution in [0.2, 0.25) is 0 Å². The molecule has 4 heterocycles. The van der Waals surface area contributed by atoms with Gasteiger partial charge in [0, 0.05) is 39.6 Å². The molecule has 1 fully saturated rings. The van der Waals surface area contributed by atoms with Crippen LogP contribution in [0.1, 0.15) is 34.5 Å². The zero-order chi connectivity index (χ0) is 19.7. The fourth-order valence-corrected chi connectivity index (χ4v) is 3.91. The molecule has 9 heteroatoms. The molecule has 1 spiro atoms. The van der Waals surface area contributed by atoms with E-state index in [1.807, 2.05) is 25.2 Å². The zero-order valence-corrected chi connectivity index (χ0v) is 16.4. The summed E-state index contributed by atoms with van der Waals surface area (Å²) in [7, 11) is 5.23. The van der Waals surface area contributed by atoms with Crippen molar-refractivity contribution in [2.75, 3.05) is 50.7 Å². The number of hydrogen-bond acceptors (Lipinski definition) is 9. The van der Waals surface area contributed by atoms with E-state index in [0.29, 0.717) is 37.0 Å². The number of rotatable bonds is 3. The van der Waals surface area contributed by atoms with Gasteiger partial charge in [-0.25, -0.2) is 24.7 Å². The van der Waals surface area contributed by atoms with Gasteiger partial charge in [-0.3, -0.25) is 0 Å². The lowest BCUT2D eigenvalue weighted by Gasteiger charge is -2.44. The fourth-order valence-electron chi connectivity index (χ4n) is 3.91. The lowest BCUT2D eigenvalue weighted by molar-refractivity contribution is -0.0801. The van der Waals surface area contributed by atoms with Gasteiger partial charge in [0.25, 0.3) is 0 Å². The van der Waals surface area contributed by atoms with Gasteiger partial charge in [-0.2, -0.15) is 0 Å². The minimum atomic E-state index is -0.432. The molecule has 0 aliphatic carbocycles. The van der Waals surface area contributed by atoms with E-state index < -0.39 is 11.6 Å². The maximum Gasteiger partial charge on any atom is 0.343 e. The molecule has 9 nitrogen and oxygen atoms in total. The van der Waals surface area contributed by atoms with E-state index in [1.54, 1.807) is 0 Å². The Hall–Kier alpha value is -2.81. The Balaban J connectivity index is 1.61. The molecule has 0 bridgehead atoms. The summed E-state index contributed by atoms with van der Waals surface area (Å²) in [6.07, 6.45) is 7.22. The number of methoxy groups -OCH3 is 1. The van der Waals surface area contributed by atoms with Crippen LogP contribution in [-0.4, -0.2) is 66.8 Å². The molecular formula is C19H24N6O3. The van der Waals surface area contributed by atoms with Crippen LogP contribution in [0.4, 0.5) is 11.8 Å². The zero-order valence-electron chi connectivity index (χ0n) is 16.4. The Kier molecular flexibility index (Phi) is 4.84. The summed E-state index contributed by atoms with van der Waals surface area (Å²) < 4.78 is 11.2. The predicted octanol–water partition coefficient (Wildman–Crippen LogP) is 1.19. The van der Waals surface area contributed by atoms with E-state index >= 15 is 0 Å². The highest BCUT2D eigenvalue weighted by atomic mass is 16.5. The van der Waals surface area contributed by atoms with Crippen LogP contribution in [0.15, 0.2) is 18.7 Å². The highest BCUT2D eigenvalue weighted by Gasteiger charge is 2.43. The first-order chi connectivity index (χ1) is 13.5.